The van der Waals surface area contributed by atoms with Gasteiger partial charge in [0.25, 0.3) is 5.91 Å². The zero-order valence-corrected chi connectivity index (χ0v) is 10.9. The van der Waals surface area contributed by atoms with Gasteiger partial charge in [0.05, 0.1) is 0 Å². The van der Waals surface area contributed by atoms with Gasteiger partial charge in [-0.05, 0) is 22.9 Å². The normalized spacial score (nSPS) is 11.0. The van der Waals surface area contributed by atoms with Crippen molar-refractivity contribution in [3.63, 3.8) is 0 Å². The van der Waals surface area contributed by atoms with E-state index in [0.717, 1.165) is 16.3 Å². The molecule has 0 aliphatic carbocycles. The topological polar surface area (TPSA) is 29.4 Å². The third-order valence-corrected chi connectivity index (χ3v) is 3.16. The lowest BCUT2D eigenvalue weighted by Crippen LogP contribution is -1.95. The second-order valence-corrected chi connectivity index (χ2v) is 4.50. The number of hydrogen-bond donors (Lipinski definition) is 0. The molecule has 0 heterocycles. The summed E-state index contributed by atoms with van der Waals surface area (Å²) in [5.41, 5.74) is 1.55. The Kier molecular flexibility index (Phi) is 3.38. The van der Waals surface area contributed by atoms with Gasteiger partial charge in [-0.1, -0.05) is 60.7 Å². The zero-order chi connectivity index (χ0) is 13.8. The SMILES string of the molecule is O=C(N=Cc1cccc2ccccc12)c1ccccc1. The standard InChI is InChI=1S/C18H13NO/c20-18(15-8-2-1-3-9-15)19-13-16-11-6-10-14-7-4-5-12-17(14)16/h1-13H. The van der Waals surface area contributed by atoms with E-state index in [9.17, 15) is 4.79 Å². The van der Waals surface area contributed by atoms with E-state index in [1.807, 2.05) is 60.7 Å². The number of rotatable bonds is 2. The van der Waals surface area contributed by atoms with Crippen molar-refractivity contribution in [2.45, 2.75) is 0 Å². The lowest BCUT2D eigenvalue weighted by atomic mass is 10.1. The van der Waals surface area contributed by atoms with Crippen molar-refractivity contribution in [1.29, 1.82) is 0 Å². The number of carbonyl (C=O) groups is 1. The van der Waals surface area contributed by atoms with Crippen LogP contribution in [0.1, 0.15) is 15.9 Å². The predicted molar refractivity (Wildman–Crippen MR) is 82.3 cm³/mol. The van der Waals surface area contributed by atoms with Gasteiger partial charge >= 0.3 is 0 Å². The molecule has 0 bridgehead atoms. The molecule has 20 heavy (non-hydrogen) atoms. The van der Waals surface area contributed by atoms with Crippen LogP contribution in [0, 0.1) is 0 Å². The van der Waals surface area contributed by atoms with Gasteiger partial charge in [0, 0.05) is 17.3 Å². The van der Waals surface area contributed by atoms with Crippen molar-refractivity contribution in [3.8, 4) is 0 Å². The Bertz CT molecular complexity index is 770. The molecule has 0 unspecified atom stereocenters. The zero-order valence-electron chi connectivity index (χ0n) is 10.9. The smallest absolute Gasteiger partial charge is 0.267 e. The fourth-order valence-corrected chi connectivity index (χ4v) is 2.15. The molecular formula is C18H13NO. The average Bonchev–Trinajstić information content (AvgIpc) is 2.53. The predicted octanol–water partition coefficient (Wildman–Crippen LogP) is 4.10. The molecule has 3 rings (SSSR count). The maximum Gasteiger partial charge on any atom is 0.276 e. The van der Waals surface area contributed by atoms with Crippen LogP contribution in [0.15, 0.2) is 77.8 Å². The quantitative estimate of drug-likeness (QED) is 0.637. The first kappa shape index (κ1) is 12.3. The number of hydrogen-bond acceptors (Lipinski definition) is 1. The highest BCUT2D eigenvalue weighted by molar-refractivity contribution is 6.06. The minimum absolute atomic E-state index is 0.224. The summed E-state index contributed by atoms with van der Waals surface area (Å²) >= 11 is 0. The van der Waals surface area contributed by atoms with Gasteiger partial charge in [-0.2, -0.15) is 0 Å². The summed E-state index contributed by atoms with van der Waals surface area (Å²) in [5.74, 6) is -0.224. The number of aliphatic imine (C=N–C) groups is 1. The molecule has 0 N–H and O–H groups in total. The molecule has 0 fully saturated rings. The second-order valence-electron chi connectivity index (χ2n) is 4.50. The molecule has 0 aromatic heterocycles. The van der Waals surface area contributed by atoms with Gasteiger partial charge < -0.3 is 0 Å². The van der Waals surface area contributed by atoms with E-state index in [0.29, 0.717) is 5.56 Å². The highest BCUT2D eigenvalue weighted by Crippen LogP contribution is 2.17. The van der Waals surface area contributed by atoms with Crippen molar-refractivity contribution in [2.75, 3.05) is 0 Å². The molecule has 0 radical (unpaired) electrons. The first-order valence-corrected chi connectivity index (χ1v) is 6.46. The van der Waals surface area contributed by atoms with Crippen molar-refractivity contribution in [2.24, 2.45) is 4.99 Å². The van der Waals surface area contributed by atoms with Crippen LogP contribution in [0.4, 0.5) is 0 Å². The van der Waals surface area contributed by atoms with Crippen LogP contribution >= 0.6 is 0 Å². The molecule has 0 saturated carbocycles. The first-order valence-electron chi connectivity index (χ1n) is 6.46. The van der Waals surface area contributed by atoms with Crippen molar-refractivity contribution in [3.05, 3.63) is 83.9 Å². The highest BCUT2D eigenvalue weighted by atomic mass is 16.1. The minimum atomic E-state index is -0.224. The van der Waals surface area contributed by atoms with E-state index in [-0.39, 0.29) is 5.91 Å². The van der Waals surface area contributed by atoms with E-state index >= 15 is 0 Å². The summed E-state index contributed by atoms with van der Waals surface area (Å²) in [6.45, 7) is 0. The molecule has 0 spiro atoms. The Hall–Kier alpha value is -2.74. The summed E-state index contributed by atoms with van der Waals surface area (Å²) in [6, 6.07) is 23.1. The monoisotopic (exact) mass is 259 g/mol. The second kappa shape index (κ2) is 5.49. The van der Waals surface area contributed by atoms with Gasteiger partial charge in [-0.25, -0.2) is 4.99 Å². The molecule has 3 aromatic carbocycles. The van der Waals surface area contributed by atoms with E-state index < -0.39 is 0 Å². The van der Waals surface area contributed by atoms with Gasteiger partial charge in [-0.15, -0.1) is 0 Å². The number of nitrogens with zero attached hydrogens (tertiary/aromatic N) is 1. The fourth-order valence-electron chi connectivity index (χ4n) is 2.15. The Morgan fingerprint density at radius 1 is 0.800 bits per heavy atom. The van der Waals surface area contributed by atoms with Gasteiger partial charge in [0.2, 0.25) is 0 Å². The van der Waals surface area contributed by atoms with Gasteiger partial charge in [-0.3, -0.25) is 4.79 Å². The van der Waals surface area contributed by atoms with Crippen molar-refractivity contribution >= 4 is 22.9 Å². The molecule has 0 aliphatic heterocycles. The average molecular weight is 259 g/mol. The molecular weight excluding hydrogens is 246 g/mol. The Labute approximate surface area is 117 Å². The number of carbonyl (C=O) groups excluding carboxylic acids is 1. The number of amides is 1. The number of benzene rings is 3. The van der Waals surface area contributed by atoms with Crippen LogP contribution in [0.2, 0.25) is 0 Å². The Balaban J connectivity index is 1.94. The number of fused-ring (bicyclic) bond motifs is 1. The van der Waals surface area contributed by atoms with Crippen LogP contribution in [0.3, 0.4) is 0 Å². The maximum absolute atomic E-state index is 12.0. The Morgan fingerprint density at radius 3 is 2.35 bits per heavy atom. The molecule has 2 heteroatoms. The summed E-state index contributed by atoms with van der Waals surface area (Å²) in [6.07, 6.45) is 1.64. The van der Waals surface area contributed by atoms with Crippen LogP contribution in [-0.2, 0) is 0 Å². The summed E-state index contributed by atoms with van der Waals surface area (Å²) in [4.78, 5) is 16.0. The van der Waals surface area contributed by atoms with E-state index in [1.54, 1.807) is 18.3 Å². The van der Waals surface area contributed by atoms with Crippen LogP contribution in [0.25, 0.3) is 10.8 Å². The van der Waals surface area contributed by atoms with Crippen LogP contribution in [-0.4, -0.2) is 12.1 Å². The summed E-state index contributed by atoms with van der Waals surface area (Å²) in [7, 11) is 0. The van der Waals surface area contributed by atoms with E-state index in [1.165, 1.54) is 0 Å². The molecule has 0 aliphatic rings. The first-order chi connectivity index (χ1) is 9.84. The molecule has 0 saturated heterocycles. The molecule has 3 aromatic rings. The van der Waals surface area contributed by atoms with Crippen molar-refractivity contribution < 1.29 is 4.79 Å². The van der Waals surface area contributed by atoms with Crippen LogP contribution in [0.5, 0.6) is 0 Å². The maximum atomic E-state index is 12.0. The summed E-state index contributed by atoms with van der Waals surface area (Å²) < 4.78 is 0. The van der Waals surface area contributed by atoms with Gasteiger partial charge in [0.15, 0.2) is 0 Å². The highest BCUT2D eigenvalue weighted by Gasteiger charge is 2.02. The molecule has 0 atom stereocenters. The molecule has 96 valence electrons. The van der Waals surface area contributed by atoms with Crippen molar-refractivity contribution in [1.82, 2.24) is 0 Å². The van der Waals surface area contributed by atoms with E-state index in [4.69, 9.17) is 0 Å². The van der Waals surface area contributed by atoms with Gasteiger partial charge in [0.1, 0.15) is 0 Å². The summed E-state index contributed by atoms with van der Waals surface area (Å²) in [5, 5.41) is 2.24. The largest absolute Gasteiger partial charge is 0.276 e. The lowest BCUT2D eigenvalue weighted by Gasteiger charge is -2.01. The third-order valence-electron chi connectivity index (χ3n) is 3.16. The minimum Gasteiger partial charge on any atom is -0.267 e. The third kappa shape index (κ3) is 2.50. The lowest BCUT2D eigenvalue weighted by molar-refractivity contribution is 0.100. The molecule has 1 amide bonds. The van der Waals surface area contributed by atoms with Crippen LogP contribution < -0.4 is 0 Å². The Morgan fingerprint density at radius 2 is 1.50 bits per heavy atom. The van der Waals surface area contributed by atoms with E-state index in [2.05, 4.69) is 4.99 Å². The molecule has 2 nitrogen and oxygen atoms in total. The fraction of sp³-hybridized carbons (Fsp3) is 0.